The summed E-state index contributed by atoms with van der Waals surface area (Å²) in [7, 11) is 0. The van der Waals surface area contributed by atoms with E-state index in [0.717, 1.165) is 29.8 Å². The molecule has 1 aliphatic heterocycles. The lowest BCUT2D eigenvalue weighted by molar-refractivity contribution is 0.0241. The van der Waals surface area contributed by atoms with Crippen LogP contribution in [0.15, 0.2) is 18.5 Å². The molecular weight excluding hydrogens is 282 g/mol. The molecule has 1 N–H and O–H groups in total. The van der Waals surface area contributed by atoms with E-state index in [-0.39, 0.29) is 6.09 Å². The molecule has 0 aromatic carbocycles. The number of ether oxygens (including phenoxy) is 1. The predicted molar refractivity (Wildman–Crippen MR) is 83.9 cm³/mol. The minimum absolute atomic E-state index is 0.240. The van der Waals surface area contributed by atoms with E-state index in [2.05, 4.69) is 20.1 Å². The van der Waals surface area contributed by atoms with E-state index in [9.17, 15) is 4.79 Å². The average molecular weight is 303 g/mol. The van der Waals surface area contributed by atoms with Gasteiger partial charge >= 0.3 is 6.09 Å². The fraction of sp³-hybridized carbons (Fsp3) is 0.533. The van der Waals surface area contributed by atoms with Crippen LogP contribution in [0.25, 0.3) is 11.0 Å². The number of amides is 1. The first-order valence-electron chi connectivity index (χ1n) is 7.45. The number of fused-ring (bicyclic) bond motifs is 1. The first-order chi connectivity index (χ1) is 10.4. The van der Waals surface area contributed by atoms with Gasteiger partial charge in [0, 0.05) is 32.4 Å². The fourth-order valence-corrected chi connectivity index (χ4v) is 2.57. The van der Waals surface area contributed by atoms with Gasteiger partial charge in [0.15, 0.2) is 5.65 Å². The maximum absolute atomic E-state index is 12.1. The van der Waals surface area contributed by atoms with Crippen molar-refractivity contribution < 1.29 is 9.53 Å². The van der Waals surface area contributed by atoms with Gasteiger partial charge in [-0.25, -0.2) is 9.78 Å². The minimum atomic E-state index is -0.456. The van der Waals surface area contributed by atoms with Crippen LogP contribution in [0.5, 0.6) is 0 Å². The Morgan fingerprint density at radius 3 is 2.68 bits per heavy atom. The van der Waals surface area contributed by atoms with Crippen LogP contribution in [-0.2, 0) is 4.74 Å². The zero-order chi connectivity index (χ0) is 15.7. The van der Waals surface area contributed by atoms with Crippen LogP contribution >= 0.6 is 0 Å². The number of aromatic amines is 1. The number of carbonyl (C=O) groups excluding carboxylic acids is 1. The Morgan fingerprint density at radius 2 is 2.00 bits per heavy atom. The monoisotopic (exact) mass is 303 g/mol. The molecule has 2 aromatic rings. The van der Waals surface area contributed by atoms with Gasteiger partial charge in [-0.3, -0.25) is 5.10 Å². The highest BCUT2D eigenvalue weighted by Gasteiger charge is 2.26. The summed E-state index contributed by atoms with van der Waals surface area (Å²) in [6.07, 6.45) is 3.32. The second kappa shape index (κ2) is 5.47. The van der Waals surface area contributed by atoms with Crippen molar-refractivity contribution in [1.82, 2.24) is 20.1 Å². The summed E-state index contributed by atoms with van der Waals surface area (Å²) < 4.78 is 5.42. The summed E-state index contributed by atoms with van der Waals surface area (Å²) >= 11 is 0. The number of rotatable bonds is 1. The summed E-state index contributed by atoms with van der Waals surface area (Å²) in [5.74, 6) is 0. The molecule has 1 aliphatic rings. The van der Waals surface area contributed by atoms with Crippen molar-refractivity contribution in [2.75, 3.05) is 31.1 Å². The summed E-state index contributed by atoms with van der Waals surface area (Å²) in [5.41, 5.74) is 1.43. The van der Waals surface area contributed by atoms with E-state index in [1.807, 2.05) is 26.8 Å². The maximum atomic E-state index is 12.1. The molecule has 0 bridgehead atoms. The lowest BCUT2D eigenvalue weighted by atomic mass is 10.2. The Balaban J connectivity index is 1.67. The Kier molecular flexibility index (Phi) is 3.64. The molecule has 1 fully saturated rings. The fourth-order valence-electron chi connectivity index (χ4n) is 2.57. The highest BCUT2D eigenvalue weighted by atomic mass is 16.6. The second-order valence-corrected chi connectivity index (χ2v) is 6.42. The molecule has 0 radical (unpaired) electrons. The van der Waals surface area contributed by atoms with Gasteiger partial charge in [-0.05, 0) is 26.8 Å². The van der Waals surface area contributed by atoms with Crippen molar-refractivity contribution in [3.05, 3.63) is 18.5 Å². The third kappa shape index (κ3) is 2.98. The van der Waals surface area contributed by atoms with Gasteiger partial charge < -0.3 is 14.5 Å². The van der Waals surface area contributed by atoms with Gasteiger partial charge in [-0.2, -0.15) is 5.10 Å². The van der Waals surface area contributed by atoms with Gasteiger partial charge in [0.25, 0.3) is 0 Å². The Hall–Kier alpha value is -2.31. The lowest BCUT2D eigenvalue weighted by Gasteiger charge is -2.36. The van der Waals surface area contributed by atoms with Crippen LogP contribution in [0.3, 0.4) is 0 Å². The molecule has 0 atom stereocenters. The van der Waals surface area contributed by atoms with Crippen molar-refractivity contribution >= 4 is 22.8 Å². The van der Waals surface area contributed by atoms with Crippen molar-refractivity contribution in [2.45, 2.75) is 26.4 Å². The molecule has 3 rings (SSSR count). The van der Waals surface area contributed by atoms with Crippen molar-refractivity contribution in [1.29, 1.82) is 0 Å². The summed E-state index contributed by atoms with van der Waals surface area (Å²) in [6.45, 7) is 8.48. The highest BCUT2D eigenvalue weighted by Crippen LogP contribution is 2.25. The number of carbonyl (C=O) groups is 1. The molecule has 2 aromatic heterocycles. The highest BCUT2D eigenvalue weighted by molar-refractivity contribution is 5.88. The molecular formula is C15H21N5O2. The third-order valence-corrected chi connectivity index (χ3v) is 3.60. The smallest absolute Gasteiger partial charge is 0.410 e. The van der Waals surface area contributed by atoms with Crippen molar-refractivity contribution in [3.63, 3.8) is 0 Å². The van der Waals surface area contributed by atoms with Crippen LogP contribution in [0.1, 0.15) is 20.8 Å². The number of nitrogens with zero attached hydrogens (tertiary/aromatic N) is 4. The van der Waals surface area contributed by atoms with Gasteiger partial charge in [-0.1, -0.05) is 0 Å². The van der Waals surface area contributed by atoms with Crippen LogP contribution in [-0.4, -0.2) is 58.0 Å². The molecule has 118 valence electrons. The first kappa shape index (κ1) is 14.6. The zero-order valence-electron chi connectivity index (χ0n) is 13.2. The van der Waals surface area contributed by atoms with Crippen LogP contribution in [0.4, 0.5) is 10.5 Å². The number of pyridine rings is 1. The normalized spacial score (nSPS) is 16.1. The standard InChI is InChI=1S/C15H21N5O2/c1-15(2,3)22-14(21)20-8-6-19(7-9-20)12-4-5-16-13-11(12)10-17-18-13/h4-5,10H,6-9H2,1-3H3,(H,16,17,18). The van der Waals surface area contributed by atoms with E-state index in [1.165, 1.54) is 0 Å². The molecule has 3 heterocycles. The SMILES string of the molecule is CC(C)(C)OC(=O)N1CCN(c2ccnc3[nH]ncc23)CC1. The topological polar surface area (TPSA) is 74.3 Å². The van der Waals surface area contributed by atoms with Crippen LogP contribution in [0, 0.1) is 0 Å². The molecule has 0 saturated carbocycles. The number of H-pyrrole nitrogens is 1. The molecule has 0 aliphatic carbocycles. The largest absolute Gasteiger partial charge is 0.444 e. The van der Waals surface area contributed by atoms with Crippen LogP contribution in [0.2, 0.25) is 0 Å². The van der Waals surface area contributed by atoms with Gasteiger partial charge in [0.1, 0.15) is 5.60 Å². The second-order valence-electron chi connectivity index (χ2n) is 6.42. The van der Waals surface area contributed by atoms with E-state index < -0.39 is 5.60 Å². The van der Waals surface area contributed by atoms with E-state index >= 15 is 0 Å². The molecule has 1 amide bonds. The summed E-state index contributed by atoms with van der Waals surface area (Å²) in [5, 5.41) is 7.93. The van der Waals surface area contributed by atoms with Gasteiger partial charge in [-0.15, -0.1) is 0 Å². The molecule has 1 saturated heterocycles. The quantitative estimate of drug-likeness (QED) is 0.872. The molecule has 7 nitrogen and oxygen atoms in total. The zero-order valence-corrected chi connectivity index (χ0v) is 13.2. The first-order valence-corrected chi connectivity index (χ1v) is 7.45. The molecule has 0 spiro atoms. The Bertz CT molecular complexity index is 668. The van der Waals surface area contributed by atoms with Gasteiger partial charge in [0.2, 0.25) is 0 Å². The predicted octanol–water partition coefficient (Wildman–Crippen LogP) is 2.01. The summed E-state index contributed by atoms with van der Waals surface area (Å²) in [6, 6.07) is 1.99. The average Bonchev–Trinajstić information content (AvgIpc) is 2.94. The van der Waals surface area contributed by atoms with Crippen molar-refractivity contribution in [2.24, 2.45) is 0 Å². The number of piperazine rings is 1. The molecule has 7 heteroatoms. The van der Waals surface area contributed by atoms with E-state index in [1.54, 1.807) is 17.3 Å². The summed E-state index contributed by atoms with van der Waals surface area (Å²) in [4.78, 5) is 20.3. The molecule has 22 heavy (non-hydrogen) atoms. The van der Waals surface area contributed by atoms with Gasteiger partial charge in [0.05, 0.1) is 17.3 Å². The number of anilines is 1. The number of hydrogen-bond acceptors (Lipinski definition) is 5. The lowest BCUT2D eigenvalue weighted by Crippen LogP contribution is -2.50. The van der Waals surface area contributed by atoms with Crippen molar-refractivity contribution in [3.8, 4) is 0 Å². The maximum Gasteiger partial charge on any atom is 0.410 e. The minimum Gasteiger partial charge on any atom is -0.444 e. The molecule has 0 unspecified atom stereocenters. The Labute approximate surface area is 129 Å². The van der Waals surface area contributed by atoms with E-state index in [4.69, 9.17) is 4.74 Å². The third-order valence-electron chi connectivity index (χ3n) is 3.60. The Morgan fingerprint density at radius 1 is 1.27 bits per heavy atom. The number of hydrogen-bond donors (Lipinski definition) is 1. The van der Waals surface area contributed by atoms with E-state index in [0.29, 0.717) is 13.1 Å². The number of nitrogens with one attached hydrogen (secondary N) is 1. The number of aromatic nitrogens is 3. The van der Waals surface area contributed by atoms with Crippen LogP contribution < -0.4 is 4.90 Å².